The number of aryl methyl sites for hydroxylation is 1. The molecule has 3 heterocycles. The SMILES string of the molecule is CC(C)N1CCN(C2CN(C(=O)c3nn(C)c4ccccc34)C2)CC1. The maximum Gasteiger partial charge on any atom is 0.275 e. The van der Waals surface area contributed by atoms with Crippen molar-refractivity contribution in [1.82, 2.24) is 24.5 Å². The van der Waals surface area contributed by atoms with E-state index in [2.05, 4.69) is 28.7 Å². The molecule has 1 amide bonds. The van der Waals surface area contributed by atoms with Gasteiger partial charge in [-0.1, -0.05) is 18.2 Å². The molecule has 134 valence electrons. The van der Waals surface area contributed by atoms with E-state index in [1.165, 1.54) is 0 Å². The van der Waals surface area contributed by atoms with Crippen LogP contribution in [0.2, 0.25) is 0 Å². The zero-order chi connectivity index (χ0) is 17.6. The van der Waals surface area contributed by atoms with Gasteiger partial charge in [-0.15, -0.1) is 0 Å². The highest BCUT2D eigenvalue weighted by Crippen LogP contribution is 2.23. The van der Waals surface area contributed by atoms with Crippen molar-refractivity contribution in [2.24, 2.45) is 7.05 Å². The molecule has 2 aromatic rings. The van der Waals surface area contributed by atoms with E-state index in [-0.39, 0.29) is 5.91 Å². The Hall–Kier alpha value is -1.92. The van der Waals surface area contributed by atoms with Gasteiger partial charge in [-0.05, 0) is 19.9 Å². The molecular formula is C19H27N5O. The van der Waals surface area contributed by atoms with Gasteiger partial charge in [-0.2, -0.15) is 5.10 Å². The van der Waals surface area contributed by atoms with Crippen molar-refractivity contribution in [1.29, 1.82) is 0 Å². The first-order valence-corrected chi connectivity index (χ1v) is 9.23. The molecule has 4 rings (SSSR count). The monoisotopic (exact) mass is 341 g/mol. The number of likely N-dealkylation sites (tertiary alicyclic amines) is 1. The van der Waals surface area contributed by atoms with Crippen molar-refractivity contribution in [3.05, 3.63) is 30.0 Å². The maximum absolute atomic E-state index is 12.8. The lowest BCUT2D eigenvalue weighted by atomic mass is 10.0. The minimum Gasteiger partial charge on any atom is -0.334 e. The minimum atomic E-state index is 0.0638. The average Bonchev–Trinajstić information content (AvgIpc) is 2.91. The summed E-state index contributed by atoms with van der Waals surface area (Å²) in [5.41, 5.74) is 1.59. The molecule has 0 atom stereocenters. The van der Waals surface area contributed by atoms with Gasteiger partial charge < -0.3 is 4.90 Å². The fourth-order valence-corrected chi connectivity index (χ4v) is 3.99. The lowest BCUT2D eigenvalue weighted by molar-refractivity contribution is 0.00294. The van der Waals surface area contributed by atoms with Crippen molar-refractivity contribution >= 4 is 16.8 Å². The number of rotatable bonds is 3. The normalized spacial score (nSPS) is 20.4. The Labute approximate surface area is 149 Å². The van der Waals surface area contributed by atoms with Crippen LogP contribution in [0, 0.1) is 0 Å². The summed E-state index contributed by atoms with van der Waals surface area (Å²) < 4.78 is 1.80. The first kappa shape index (κ1) is 16.5. The summed E-state index contributed by atoms with van der Waals surface area (Å²) in [5.74, 6) is 0.0638. The summed E-state index contributed by atoms with van der Waals surface area (Å²) in [6.45, 7) is 10.7. The van der Waals surface area contributed by atoms with Crippen molar-refractivity contribution in [2.75, 3.05) is 39.3 Å². The number of nitrogens with zero attached hydrogens (tertiary/aromatic N) is 5. The van der Waals surface area contributed by atoms with Crippen molar-refractivity contribution in [2.45, 2.75) is 25.9 Å². The molecule has 0 bridgehead atoms. The molecule has 0 radical (unpaired) electrons. The van der Waals surface area contributed by atoms with Crippen LogP contribution in [0.25, 0.3) is 10.9 Å². The highest BCUT2D eigenvalue weighted by Gasteiger charge is 2.37. The molecule has 25 heavy (non-hydrogen) atoms. The lowest BCUT2D eigenvalue weighted by Gasteiger charge is -2.48. The molecule has 6 nitrogen and oxygen atoms in total. The first-order chi connectivity index (χ1) is 12.0. The highest BCUT2D eigenvalue weighted by atomic mass is 16.2. The van der Waals surface area contributed by atoms with Crippen molar-refractivity contribution in [3.8, 4) is 0 Å². The topological polar surface area (TPSA) is 44.6 Å². The van der Waals surface area contributed by atoms with Crippen LogP contribution in [0.4, 0.5) is 0 Å². The third-order valence-electron chi connectivity index (χ3n) is 5.71. The predicted molar refractivity (Wildman–Crippen MR) is 98.7 cm³/mol. The lowest BCUT2D eigenvalue weighted by Crippen LogP contribution is -2.64. The van der Waals surface area contributed by atoms with E-state index in [0.717, 1.165) is 50.2 Å². The van der Waals surface area contributed by atoms with Gasteiger partial charge in [0, 0.05) is 63.8 Å². The summed E-state index contributed by atoms with van der Waals surface area (Å²) in [5, 5.41) is 5.41. The number of carbonyl (C=O) groups excluding carboxylic acids is 1. The number of aromatic nitrogens is 2. The molecule has 0 N–H and O–H groups in total. The largest absolute Gasteiger partial charge is 0.334 e. The third kappa shape index (κ3) is 2.93. The molecular weight excluding hydrogens is 314 g/mol. The summed E-state index contributed by atoms with van der Waals surface area (Å²) in [7, 11) is 1.90. The van der Waals surface area contributed by atoms with E-state index in [4.69, 9.17) is 0 Å². The zero-order valence-corrected chi connectivity index (χ0v) is 15.4. The second-order valence-corrected chi connectivity index (χ2v) is 7.52. The van der Waals surface area contributed by atoms with Gasteiger partial charge >= 0.3 is 0 Å². The number of piperazine rings is 1. The van der Waals surface area contributed by atoms with Gasteiger partial charge in [0.05, 0.1) is 5.52 Å². The van der Waals surface area contributed by atoms with Crippen molar-refractivity contribution < 1.29 is 4.79 Å². The number of benzene rings is 1. The summed E-state index contributed by atoms with van der Waals surface area (Å²) in [4.78, 5) is 19.9. The van der Waals surface area contributed by atoms with Gasteiger partial charge in [-0.25, -0.2) is 0 Å². The fourth-order valence-electron chi connectivity index (χ4n) is 3.99. The van der Waals surface area contributed by atoms with Crippen molar-refractivity contribution in [3.63, 3.8) is 0 Å². The molecule has 2 aliphatic rings. The molecule has 0 unspecified atom stereocenters. The number of hydrogen-bond acceptors (Lipinski definition) is 4. The Morgan fingerprint density at radius 2 is 1.80 bits per heavy atom. The number of carbonyl (C=O) groups is 1. The van der Waals surface area contributed by atoms with E-state index in [9.17, 15) is 4.79 Å². The molecule has 0 spiro atoms. The quantitative estimate of drug-likeness (QED) is 0.847. The van der Waals surface area contributed by atoms with E-state index in [0.29, 0.717) is 17.8 Å². The van der Waals surface area contributed by atoms with Gasteiger partial charge in [0.1, 0.15) is 0 Å². The Kier molecular flexibility index (Phi) is 4.25. The standard InChI is InChI=1S/C19H27N5O/c1-14(2)22-8-10-23(11-9-22)15-12-24(13-15)19(25)18-16-6-4-5-7-17(16)21(3)20-18/h4-7,14-15H,8-13H2,1-3H3. The highest BCUT2D eigenvalue weighted by molar-refractivity contribution is 6.05. The Bertz CT molecular complexity index is 769. The average molecular weight is 341 g/mol. The first-order valence-electron chi connectivity index (χ1n) is 9.23. The van der Waals surface area contributed by atoms with Crippen LogP contribution in [0.1, 0.15) is 24.3 Å². The number of hydrogen-bond donors (Lipinski definition) is 0. The van der Waals surface area contributed by atoms with E-state index < -0.39 is 0 Å². The molecule has 2 aliphatic heterocycles. The van der Waals surface area contributed by atoms with Crippen LogP contribution in [-0.2, 0) is 7.05 Å². The zero-order valence-electron chi connectivity index (χ0n) is 15.4. The fraction of sp³-hybridized carbons (Fsp3) is 0.579. The molecule has 1 aromatic heterocycles. The van der Waals surface area contributed by atoms with Crippen LogP contribution in [0.5, 0.6) is 0 Å². The maximum atomic E-state index is 12.8. The number of fused-ring (bicyclic) bond motifs is 1. The summed E-state index contributed by atoms with van der Waals surface area (Å²) in [6, 6.07) is 9.07. The molecule has 1 aromatic carbocycles. The van der Waals surface area contributed by atoms with Crippen LogP contribution < -0.4 is 0 Å². The molecule has 0 saturated carbocycles. The summed E-state index contributed by atoms with van der Waals surface area (Å²) >= 11 is 0. The van der Waals surface area contributed by atoms with Gasteiger partial charge in [0.15, 0.2) is 5.69 Å². The van der Waals surface area contributed by atoms with Crippen LogP contribution in [-0.4, -0.2) is 81.7 Å². The number of amides is 1. The molecule has 0 aliphatic carbocycles. The van der Waals surface area contributed by atoms with E-state index in [1.54, 1.807) is 4.68 Å². The second kappa shape index (κ2) is 6.42. The Morgan fingerprint density at radius 1 is 1.12 bits per heavy atom. The van der Waals surface area contributed by atoms with Gasteiger partial charge in [0.25, 0.3) is 5.91 Å². The summed E-state index contributed by atoms with van der Waals surface area (Å²) in [6.07, 6.45) is 0. The van der Waals surface area contributed by atoms with Crippen LogP contribution >= 0.6 is 0 Å². The van der Waals surface area contributed by atoms with Crippen LogP contribution in [0.15, 0.2) is 24.3 Å². The van der Waals surface area contributed by atoms with Gasteiger partial charge in [-0.3, -0.25) is 19.3 Å². The van der Waals surface area contributed by atoms with Crippen LogP contribution in [0.3, 0.4) is 0 Å². The Balaban J connectivity index is 1.38. The number of para-hydroxylation sites is 1. The minimum absolute atomic E-state index is 0.0638. The third-order valence-corrected chi connectivity index (χ3v) is 5.71. The Morgan fingerprint density at radius 3 is 2.48 bits per heavy atom. The molecule has 2 fully saturated rings. The van der Waals surface area contributed by atoms with E-state index in [1.807, 2.05) is 36.2 Å². The molecule has 6 heteroatoms. The predicted octanol–water partition coefficient (Wildman–Crippen LogP) is 1.42. The smallest absolute Gasteiger partial charge is 0.275 e. The van der Waals surface area contributed by atoms with Gasteiger partial charge in [0.2, 0.25) is 0 Å². The second-order valence-electron chi connectivity index (χ2n) is 7.52. The van der Waals surface area contributed by atoms with E-state index >= 15 is 0 Å². The molecule has 2 saturated heterocycles.